The molecule has 23 heavy (non-hydrogen) atoms. The molecule has 2 aliphatic rings. The van der Waals surface area contributed by atoms with Crippen molar-refractivity contribution in [2.45, 2.75) is 44.2 Å². The summed E-state index contributed by atoms with van der Waals surface area (Å²) in [6.07, 6.45) is 5.20. The van der Waals surface area contributed by atoms with Crippen LogP contribution in [0.5, 0.6) is 0 Å². The second kappa shape index (κ2) is 7.21. The van der Waals surface area contributed by atoms with Gasteiger partial charge in [0.1, 0.15) is 6.04 Å². The van der Waals surface area contributed by atoms with Gasteiger partial charge in [0.2, 0.25) is 5.91 Å². The van der Waals surface area contributed by atoms with E-state index in [0.29, 0.717) is 24.2 Å². The van der Waals surface area contributed by atoms with Crippen molar-refractivity contribution in [3.63, 3.8) is 0 Å². The summed E-state index contributed by atoms with van der Waals surface area (Å²) >= 11 is 5.85. The summed E-state index contributed by atoms with van der Waals surface area (Å²) in [5.41, 5.74) is 1.12. The summed E-state index contributed by atoms with van der Waals surface area (Å²) in [6, 6.07) is 7.36. The quantitative estimate of drug-likeness (QED) is 0.867. The van der Waals surface area contributed by atoms with Crippen LogP contribution in [-0.2, 0) is 11.2 Å². The van der Waals surface area contributed by atoms with Gasteiger partial charge in [0.15, 0.2) is 0 Å². The zero-order chi connectivity index (χ0) is 16.2. The molecule has 5 nitrogen and oxygen atoms in total. The molecular weight excluding hydrogens is 314 g/mol. The number of nitrogens with one attached hydrogen (secondary N) is 2. The van der Waals surface area contributed by atoms with E-state index in [-0.39, 0.29) is 11.9 Å². The Morgan fingerprint density at radius 3 is 2.65 bits per heavy atom. The first-order chi connectivity index (χ1) is 11.1. The molecular formula is C17H22ClN3O2. The maximum Gasteiger partial charge on any atom is 0.318 e. The zero-order valence-electron chi connectivity index (χ0n) is 13.1. The molecule has 2 fully saturated rings. The molecule has 1 aliphatic carbocycles. The smallest absolute Gasteiger partial charge is 0.318 e. The van der Waals surface area contributed by atoms with Crippen LogP contribution >= 0.6 is 11.6 Å². The van der Waals surface area contributed by atoms with Crippen LogP contribution in [0.4, 0.5) is 4.79 Å². The Labute approximate surface area is 141 Å². The highest BCUT2D eigenvalue weighted by Crippen LogP contribution is 2.25. The van der Waals surface area contributed by atoms with Gasteiger partial charge in [-0.05, 0) is 37.0 Å². The number of rotatable bonds is 5. The van der Waals surface area contributed by atoms with Crippen molar-refractivity contribution in [1.29, 1.82) is 0 Å². The van der Waals surface area contributed by atoms with Crippen LogP contribution in [-0.4, -0.2) is 42.0 Å². The highest BCUT2D eigenvalue weighted by Gasteiger charge is 2.37. The minimum Gasteiger partial charge on any atom is -0.354 e. The Kier molecular flexibility index (Phi) is 5.06. The van der Waals surface area contributed by atoms with E-state index < -0.39 is 6.04 Å². The molecule has 2 N–H and O–H groups in total. The fourth-order valence-electron chi connectivity index (χ4n) is 3.34. The van der Waals surface area contributed by atoms with Gasteiger partial charge in [-0.15, -0.1) is 0 Å². The molecule has 0 spiro atoms. The van der Waals surface area contributed by atoms with Crippen LogP contribution in [0.2, 0.25) is 5.02 Å². The number of halogens is 1. The summed E-state index contributed by atoms with van der Waals surface area (Å²) in [6.45, 7) is 1.03. The van der Waals surface area contributed by atoms with E-state index in [2.05, 4.69) is 10.6 Å². The van der Waals surface area contributed by atoms with Gasteiger partial charge in [-0.25, -0.2) is 4.79 Å². The number of carbonyl (C=O) groups excluding carboxylic acids is 2. The van der Waals surface area contributed by atoms with E-state index >= 15 is 0 Å². The number of urea groups is 1. The number of benzene rings is 1. The van der Waals surface area contributed by atoms with Crippen LogP contribution in [0.15, 0.2) is 24.3 Å². The van der Waals surface area contributed by atoms with E-state index in [1.54, 1.807) is 0 Å². The van der Waals surface area contributed by atoms with Crippen molar-refractivity contribution in [2.24, 2.45) is 0 Å². The first-order valence-corrected chi connectivity index (χ1v) is 8.60. The molecule has 3 rings (SSSR count). The summed E-state index contributed by atoms with van der Waals surface area (Å²) in [7, 11) is 0. The number of hydrogen-bond acceptors (Lipinski definition) is 2. The van der Waals surface area contributed by atoms with E-state index in [9.17, 15) is 9.59 Å². The lowest BCUT2D eigenvalue weighted by atomic mass is 10.1. The topological polar surface area (TPSA) is 61.4 Å². The Morgan fingerprint density at radius 1 is 1.26 bits per heavy atom. The van der Waals surface area contributed by atoms with E-state index in [1.165, 1.54) is 12.8 Å². The fraction of sp³-hybridized carbons (Fsp3) is 0.529. The van der Waals surface area contributed by atoms with Gasteiger partial charge < -0.3 is 15.5 Å². The van der Waals surface area contributed by atoms with E-state index in [1.807, 2.05) is 29.2 Å². The van der Waals surface area contributed by atoms with Gasteiger partial charge in [-0.3, -0.25) is 4.79 Å². The second-order valence-corrected chi connectivity index (χ2v) is 6.70. The number of nitrogens with zero attached hydrogens (tertiary/aromatic N) is 1. The molecule has 6 heteroatoms. The van der Waals surface area contributed by atoms with Gasteiger partial charge >= 0.3 is 6.03 Å². The molecule has 124 valence electrons. The summed E-state index contributed by atoms with van der Waals surface area (Å²) < 4.78 is 0. The summed E-state index contributed by atoms with van der Waals surface area (Å²) in [5.74, 6) is -0.104. The molecule has 1 heterocycles. The van der Waals surface area contributed by atoms with Crippen molar-refractivity contribution < 1.29 is 9.59 Å². The van der Waals surface area contributed by atoms with Crippen LogP contribution < -0.4 is 10.6 Å². The third-order valence-electron chi connectivity index (χ3n) is 4.65. The average molecular weight is 336 g/mol. The molecule has 1 aliphatic heterocycles. The standard InChI is InChI=1S/C17H22ClN3O2/c18-13-7-5-12(6-8-13)9-10-19-16(22)15-11-21(17(23)20-15)14-3-1-2-4-14/h5-8,14-15H,1-4,9-11H2,(H,19,22)(H,20,23). The van der Waals surface area contributed by atoms with Gasteiger partial charge in [0.25, 0.3) is 0 Å². The lowest BCUT2D eigenvalue weighted by Gasteiger charge is -2.22. The predicted octanol–water partition coefficient (Wildman–Crippen LogP) is 2.34. The first-order valence-electron chi connectivity index (χ1n) is 8.23. The molecule has 1 saturated heterocycles. The van der Waals surface area contributed by atoms with Crippen molar-refractivity contribution in [2.75, 3.05) is 13.1 Å². The van der Waals surface area contributed by atoms with E-state index in [0.717, 1.165) is 24.8 Å². The molecule has 0 bridgehead atoms. The predicted molar refractivity (Wildman–Crippen MR) is 89.4 cm³/mol. The maximum absolute atomic E-state index is 12.2. The van der Waals surface area contributed by atoms with Crippen LogP contribution in [0.1, 0.15) is 31.2 Å². The Bertz CT molecular complexity index is 570. The Hall–Kier alpha value is -1.75. The summed E-state index contributed by atoms with van der Waals surface area (Å²) in [4.78, 5) is 26.1. The molecule has 0 aromatic heterocycles. The van der Waals surface area contributed by atoms with Crippen molar-refractivity contribution in [3.8, 4) is 0 Å². The fourth-order valence-corrected chi connectivity index (χ4v) is 3.47. The van der Waals surface area contributed by atoms with Gasteiger partial charge in [0.05, 0.1) is 6.54 Å². The monoisotopic (exact) mass is 335 g/mol. The molecule has 1 atom stereocenters. The molecule has 1 saturated carbocycles. The molecule has 1 aromatic rings. The third-order valence-corrected chi connectivity index (χ3v) is 4.90. The average Bonchev–Trinajstić information content (AvgIpc) is 3.18. The van der Waals surface area contributed by atoms with E-state index in [4.69, 9.17) is 11.6 Å². The number of hydrogen-bond donors (Lipinski definition) is 2. The lowest BCUT2D eigenvalue weighted by molar-refractivity contribution is -0.122. The third kappa shape index (κ3) is 3.96. The minimum absolute atomic E-state index is 0.102. The normalized spacial score (nSPS) is 21.5. The SMILES string of the molecule is O=C(NCCc1ccc(Cl)cc1)C1CN(C2CCCC2)C(=O)N1. The summed E-state index contributed by atoms with van der Waals surface area (Å²) in [5, 5.41) is 6.41. The van der Waals surface area contributed by atoms with Gasteiger partial charge in [-0.1, -0.05) is 36.6 Å². The lowest BCUT2D eigenvalue weighted by Crippen LogP contribution is -2.43. The highest BCUT2D eigenvalue weighted by molar-refractivity contribution is 6.30. The highest BCUT2D eigenvalue weighted by atomic mass is 35.5. The molecule has 0 radical (unpaired) electrons. The molecule has 1 aromatic carbocycles. The minimum atomic E-state index is -0.437. The molecule has 3 amide bonds. The maximum atomic E-state index is 12.2. The van der Waals surface area contributed by atoms with Crippen molar-refractivity contribution in [1.82, 2.24) is 15.5 Å². The number of amides is 3. The van der Waals surface area contributed by atoms with Crippen LogP contribution in [0.25, 0.3) is 0 Å². The second-order valence-electron chi connectivity index (χ2n) is 6.26. The number of carbonyl (C=O) groups is 2. The first kappa shape index (κ1) is 16.1. The Balaban J connectivity index is 1.45. The largest absolute Gasteiger partial charge is 0.354 e. The zero-order valence-corrected chi connectivity index (χ0v) is 13.8. The van der Waals surface area contributed by atoms with Crippen LogP contribution in [0, 0.1) is 0 Å². The van der Waals surface area contributed by atoms with Gasteiger partial charge in [-0.2, -0.15) is 0 Å². The van der Waals surface area contributed by atoms with Crippen molar-refractivity contribution >= 4 is 23.5 Å². The van der Waals surface area contributed by atoms with Crippen molar-refractivity contribution in [3.05, 3.63) is 34.9 Å². The Morgan fingerprint density at radius 2 is 1.96 bits per heavy atom. The van der Waals surface area contributed by atoms with Crippen LogP contribution in [0.3, 0.4) is 0 Å². The van der Waals surface area contributed by atoms with Gasteiger partial charge in [0, 0.05) is 17.6 Å². The molecule has 1 unspecified atom stereocenters.